The molecule has 0 saturated heterocycles. The van der Waals surface area contributed by atoms with Crippen molar-refractivity contribution in [3.05, 3.63) is 47.5 Å². The predicted molar refractivity (Wildman–Crippen MR) is 97.7 cm³/mol. The van der Waals surface area contributed by atoms with E-state index in [1.54, 1.807) is 0 Å². The molecule has 144 valence electrons. The fraction of sp³-hybridized carbons (Fsp3) is 0.545. The van der Waals surface area contributed by atoms with Gasteiger partial charge in [-0.05, 0) is 87.0 Å². The molecule has 27 heavy (non-hydrogen) atoms. The van der Waals surface area contributed by atoms with E-state index in [1.807, 2.05) is 12.1 Å². The smallest absolute Gasteiger partial charge is 0.309 e. The fourth-order valence-corrected chi connectivity index (χ4v) is 4.28. The van der Waals surface area contributed by atoms with Gasteiger partial charge in [0.05, 0.1) is 5.92 Å². The number of hydrogen-bond donors (Lipinski definition) is 0. The van der Waals surface area contributed by atoms with Gasteiger partial charge in [-0.15, -0.1) is 0 Å². The van der Waals surface area contributed by atoms with Gasteiger partial charge in [0, 0.05) is 0 Å². The standard InChI is InChI=1S/C22H25F2NO2/c23-19-9-7-17(8-10-19)16-3-5-18(6-4-16)22(26)27-21-11-1-15(2-12-21)13-20(24)14-25/h7-10,13,15-16,18,21H,1-6,11-12H2. The molecule has 0 unspecified atom stereocenters. The molecule has 0 N–H and O–H groups in total. The Labute approximate surface area is 159 Å². The van der Waals surface area contributed by atoms with Gasteiger partial charge in [0.2, 0.25) is 0 Å². The number of halogens is 2. The lowest BCUT2D eigenvalue weighted by atomic mass is 9.78. The van der Waals surface area contributed by atoms with Crippen LogP contribution in [0, 0.1) is 29.0 Å². The summed E-state index contributed by atoms with van der Waals surface area (Å²) in [6.45, 7) is 0. The Bertz CT molecular complexity index is 707. The molecule has 2 aliphatic carbocycles. The molecule has 5 heteroatoms. The van der Waals surface area contributed by atoms with Gasteiger partial charge in [0.1, 0.15) is 18.0 Å². The quantitative estimate of drug-likeness (QED) is 0.511. The summed E-state index contributed by atoms with van der Waals surface area (Å²) in [5.41, 5.74) is 1.14. The van der Waals surface area contributed by atoms with Gasteiger partial charge in [-0.3, -0.25) is 4.79 Å². The van der Waals surface area contributed by atoms with Crippen LogP contribution in [0.5, 0.6) is 0 Å². The molecule has 1 aromatic carbocycles. The van der Waals surface area contributed by atoms with E-state index in [0.29, 0.717) is 5.92 Å². The molecule has 0 spiro atoms. The number of ether oxygens (including phenoxy) is 1. The molecule has 0 aromatic heterocycles. The minimum Gasteiger partial charge on any atom is -0.462 e. The summed E-state index contributed by atoms with van der Waals surface area (Å²) < 4.78 is 31.8. The average molecular weight is 373 g/mol. The second kappa shape index (κ2) is 9.12. The molecule has 2 saturated carbocycles. The van der Waals surface area contributed by atoms with Crippen molar-refractivity contribution in [2.24, 2.45) is 11.8 Å². The molecule has 0 radical (unpaired) electrons. The molecule has 3 rings (SSSR count). The third kappa shape index (κ3) is 5.38. The zero-order valence-electron chi connectivity index (χ0n) is 15.4. The lowest BCUT2D eigenvalue weighted by molar-refractivity contribution is -0.157. The summed E-state index contributed by atoms with van der Waals surface area (Å²) >= 11 is 0. The average Bonchev–Trinajstić information content (AvgIpc) is 2.70. The highest BCUT2D eigenvalue weighted by atomic mass is 19.1. The fourth-order valence-electron chi connectivity index (χ4n) is 4.28. The van der Waals surface area contributed by atoms with Crippen LogP contribution in [0.2, 0.25) is 0 Å². The molecular weight excluding hydrogens is 348 g/mol. The number of carbonyl (C=O) groups is 1. The first kappa shape index (κ1) is 19.5. The van der Waals surface area contributed by atoms with Crippen LogP contribution in [0.1, 0.15) is 62.8 Å². The highest BCUT2D eigenvalue weighted by Crippen LogP contribution is 2.37. The van der Waals surface area contributed by atoms with Crippen LogP contribution in [-0.2, 0) is 9.53 Å². The van der Waals surface area contributed by atoms with E-state index in [-0.39, 0.29) is 29.7 Å². The van der Waals surface area contributed by atoms with Crippen LogP contribution in [0.25, 0.3) is 0 Å². The van der Waals surface area contributed by atoms with E-state index in [1.165, 1.54) is 24.3 Å². The number of rotatable bonds is 4. The van der Waals surface area contributed by atoms with E-state index in [0.717, 1.165) is 56.9 Å². The predicted octanol–water partition coefficient (Wildman–Crippen LogP) is 5.58. The molecule has 1 aromatic rings. The summed E-state index contributed by atoms with van der Waals surface area (Å²) in [6, 6.07) is 8.15. The third-order valence-electron chi connectivity index (χ3n) is 5.89. The van der Waals surface area contributed by atoms with Crippen LogP contribution < -0.4 is 0 Å². The van der Waals surface area contributed by atoms with Crippen molar-refractivity contribution in [2.75, 3.05) is 0 Å². The summed E-state index contributed by atoms with van der Waals surface area (Å²) in [4.78, 5) is 12.5. The first-order valence-corrected chi connectivity index (χ1v) is 9.78. The molecular formula is C22H25F2NO2. The minimum atomic E-state index is -0.728. The van der Waals surface area contributed by atoms with Crippen LogP contribution in [0.15, 0.2) is 36.2 Å². The Morgan fingerprint density at radius 3 is 2.26 bits per heavy atom. The Kier molecular flexibility index (Phi) is 6.60. The first-order valence-electron chi connectivity index (χ1n) is 9.78. The normalized spacial score (nSPS) is 29.0. The Morgan fingerprint density at radius 1 is 1.04 bits per heavy atom. The zero-order chi connectivity index (χ0) is 19.2. The van der Waals surface area contributed by atoms with Crippen molar-refractivity contribution in [2.45, 2.75) is 63.4 Å². The minimum absolute atomic E-state index is 0.0599. The largest absolute Gasteiger partial charge is 0.462 e. The molecule has 0 bridgehead atoms. The van der Waals surface area contributed by atoms with Crippen molar-refractivity contribution in [1.82, 2.24) is 0 Å². The van der Waals surface area contributed by atoms with Gasteiger partial charge in [0.25, 0.3) is 0 Å². The molecule has 3 nitrogen and oxygen atoms in total. The van der Waals surface area contributed by atoms with Gasteiger partial charge in [0.15, 0.2) is 5.83 Å². The number of hydrogen-bond acceptors (Lipinski definition) is 3. The summed E-state index contributed by atoms with van der Waals surface area (Å²) in [7, 11) is 0. The lowest BCUT2D eigenvalue weighted by Crippen LogP contribution is -2.29. The molecule has 0 amide bonds. The number of carbonyl (C=O) groups excluding carboxylic acids is 1. The third-order valence-corrected chi connectivity index (χ3v) is 5.89. The first-order chi connectivity index (χ1) is 13.0. The van der Waals surface area contributed by atoms with Crippen molar-refractivity contribution in [1.29, 1.82) is 5.26 Å². The topological polar surface area (TPSA) is 50.1 Å². The highest BCUT2D eigenvalue weighted by molar-refractivity contribution is 5.72. The van der Waals surface area contributed by atoms with Crippen molar-refractivity contribution in [3.63, 3.8) is 0 Å². The summed E-state index contributed by atoms with van der Waals surface area (Å²) in [5.74, 6) is -0.687. The molecule has 2 fully saturated rings. The van der Waals surface area contributed by atoms with E-state index < -0.39 is 5.83 Å². The number of benzene rings is 1. The Hall–Kier alpha value is -2.22. The SMILES string of the molecule is N#CC(F)=CC1CCC(OC(=O)C2CCC(c3ccc(F)cc3)CC2)CC1. The zero-order valence-corrected chi connectivity index (χ0v) is 15.4. The van der Waals surface area contributed by atoms with Crippen molar-refractivity contribution >= 4 is 5.97 Å². The summed E-state index contributed by atoms with van der Waals surface area (Å²) in [6.07, 6.45) is 7.63. The number of nitrogens with zero attached hydrogens (tertiary/aromatic N) is 1. The maximum Gasteiger partial charge on any atom is 0.309 e. The number of allylic oxidation sites excluding steroid dienone is 2. The van der Waals surface area contributed by atoms with Gasteiger partial charge in [-0.1, -0.05) is 12.1 Å². The molecule has 0 heterocycles. The maximum absolute atomic E-state index is 13.1. The van der Waals surface area contributed by atoms with Gasteiger partial charge in [-0.25, -0.2) is 4.39 Å². The van der Waals surface area contributed by atoms with Gasteiger partial charge >= 0.3 is 5.97 Å². The maximum atomic E-state index is 13.1. The van der Waals surface area contributed by atoms with E-state index in [2.05, 4.69) is 0 Å². The highest BCUT2D eigenvalue weighted by Gasteiger charge is 2.31. The van der Waals surface area contributed by atoms with E-state index in [4.69, 9.17) is 10.00 Å². The van der Waals surface area contributed by atoms with Crippen molar-refractivity contribution in [3.8, 4) is 6.07 Å². The molecule has 0 atom stereocenters. The summed E-state index contributed by atoms with van der Waals surface area (Å²) in [5, 5.41) is 8.50. The van der Waals surface area contributed by atoms with Crippen LogP contribution in [-0.4, -0.2) is 12.1 Å². The van der Waals surface area contributed by atoms with Crippen LogP contribution in [0.4, 0.5) is 8.78 Å². The van der Waals surface area contributed by atoms with Gasteiger partial charge < -0.3 is 4.74 Å². The second-order valence-electron chi connectivity index (χ2n) is 7.70. The Morgan fingerprint density at radius 2 is 1.67 bits per heavy atom. The number of esters is 1. The molecule has 2 aliphatic rings. The van der Waals surface area contributed by atoms with Crippen molar-refractivity contribution < 1.29 is 18.3 Å². The van der Waals surface area contributed by atoms with Crippen LogP contribution >= 0.6 is 0 Å². The Balaban J connectivity index is 1.42. The second-order valence-corrected chi connectivity index (χ2v) is 7.70. The van der Waals surface area contributed by atoms with E-state index in [9.17, 15) is 13.6 Å². The number of nitriles is 1. The van der Waals surface area contributed by atoms with E-state index >= 15 is 0 Å². The van der Waals surface area contributed by atoms with Crippen LogP contribution in [0.3, 0.4) is 0 Å². The monoisotopic (exact) mass is 373 g/mol. The lowest BCUT2D eigenvalue weighted by Gasteiger charge is -2.31. The molecule has 0 aliphatic heterocycles. The van der Waals surface area contributed by atoms with Gasteiger partial charge in [-0.2, -0.15) is 9.65 Å².